The van der Waals surface area contributed by atoms with Crippen molar-refractivity contribution in [2.45, 2.75) is 12.6 Å². The second-order valence-electron chi connectivity index (χ2n) is 5.59. The van der Waals surface area contributed by atoms with Crippen molar-refractivity contribution < 1.29 is 14.3 Å². The van der Waals surface area contributed by atoms with E-state index in [0.717, 1.165) is 5.56 Å². The monoisotopic (exact) mass is 352 g/mol. The molecule has 0 radical (unpaired) electrons. The summed E-state index contributed by atoms with van der Waals surface area (Å²) in [6.45, 7) is 0.427. The van der Waals surface area contributed by atoms with Crippen molar-refractivity contribution >= 4 is 5.91 Å². The van der Waals surface area contributed by atoms with Gasteiger partial charge in [-0.2, -0.15) is 15.0 Å². The first-order valence-electron chi connectivity index (χ1n) is 8.13. The zero-order chi connectivity index (χ0) is 18.4. The topological polar surface area (TPSA) is 78.3 Å². The van der Waals surface area contributed by atoms with Crippen molar-refractivity contribution in [2.75, 3.05) is 14.2 Å². The number of carbonyl (C=O) groups is 1. The van der Waals surface area contributed by atoms with Gasteiger partial charge in [0.15, 0.2) is 11.5 Å². The number of nitrogens with zero attached hydrogens (tertiary/aromatic N) is 3. The maximum absolute atomic E-state index is 12.8. The van der Waals surface area contributed by atoms with E-state index >= 15 is 0 Å². The Morgan fingerprint density at radius 3 is 2.38 bits per heavy atom. The zero-order valence-electron chi connectivity index (χ0n) is 14.6. The number of hydrogen-bond donors (Lipinski definition) is 1. The quantitative estimate of drug-likeness (QED) is 0.707. The predicted octanol–water partition coefficient (Wildman–Crippen LogP) is 2.47. The van der Waals surface area contributed by atoms with Crippen LogP contribution in [-0.2, 0) is 6.54 Å². The third-order valence-electron chi connectivity index (χ3n) is 3.97. The first-order chi connectivity index (χ1) is 12.7. The number of ether oxygens (including phenoxy) is 2. The van der Waals surface area contributed by atoms with Gasteiger partial charge in [0.25, 0.3) is 5.91 Å². The van der Waals surface area contributed by atoms with Crippen LogP contribution in [0.4, 0.5) is 0 Å². The molecule has 0 fully saturated rings. The third-order valence-corrected chi connectivity index (χ3v) is 3.97. The zero-order valence-corrected chi connectivity index (χ0v) is 14.6. The molecule has 1 amide bonds. The fraction of sp³-hybridized carbons (Fsp3) is 0.211. The van der Waals surface area contributed by atoms with Crippen LogP contribution in [0.2, 0.25) is 0 Å². The van der Waals surface area contributed by atoms with E-state index in [1.807, 2.05) is 30.3 Å². The molecule has 0 bridgehead atoms. The molecule has 7 nitrogen and oxygen atoms in total. The molecule has 2 aromatic carbocycles. The van der Waals surface area contributed by atoms with Gasteiger partial charge >= 0.3 is 0 Å². The van der Waals surface area contributed by atoms with Gasteiger partial charge in [0.1, 0.15) is 0 Å². The molecular weight excluding hydrogens is 332 g/mol. The lowest BCUT2D eigenvalue weighted by atomic mass is 10.1. The van der Waals surface area contributed by atoms with Crippen LogP contribution < -0.4 is 14.8 Å². The molecule has 0 aliphatic rings. The molecule has 1 N–H and O–H groups in total. The molecule has 1 unspecified atom stereocenters. The largest absolute Gasteiger partial charge is 0.493 e. The Morgan fingerprint density at radius 1 is 1.04 bits per heavy atom. The van der Waals surface area contributed by atoms with Crippen LogP contribution in [0, 0.1) is 0 Å². The molecule has 1 atom stereocenters. The summed E-state index contributed by atoms with van der Waals surface area (Å²) in [5, 5.41) is 11.3. The molecule has 134 valence electrons. The lowest BCUT2D eigenvalue weighted by Gasteiger charge is -2.19. The predicted molar refractivity (Wildman–Crippen MR) is 96.2 cm³/mol. The standard InChI is InChI=1S/C19H20N4O3/c1-25-17-9-8-15(12-18(17)26-2)19(24)22-16(13-23-20-10-11-21-23)14-6-4-3-5-7-14/h3-12,16H,13H2,1-2H3,(H,22,24). The van der Waals surface area contributed by atoms with E-state index in [0.29, 0.717) is 23.6 Å². The fourth-order valence-electron chi connectivity index (χ4n) is 2.64. The summed E-state index contributed by atoms with van der Waals surface area (Å²) in [6, 6.07) is 14.5. The first-order valence-corrected chi connectivity index (χ1v) is 8.13. The highest BCUT2D eigenvalue weighted by Crippen LogP contribution is 2.27. The minimum absolute atomic E-state index is 0.216. The van der Waals surface area contributed by atoms with Crippen LogP contribution in [0.15, 0.2) is 60.9 Å². The van der Waals surface area contributed by atoms with Crippen molar-refractivity contribution in [1.29, 1.82) is 0 Å². The van der Waals surface area contributed by atoms with Gasteiger partial charge in [-0.1, -0.05) is 30.3 Å². The maximum Gasteiger partial charge on any atom is 0.251 e. The molecule has 3 aromatic rings. The summed E-state index contributed by atoms with van der Waals surface area (Å²) in [6.07, 6.45) is 3.22. The summed E-state index contributed by atoms with van der Waals surface area (Å²) in [7, 11) is 3.09. The van der Waals surface area contributed by atoms with E-state index in [-0.39, 0.29) is 11.9 Å². The molecule has 7 heteroatoms. The first kappa shape index (κ1) is 17.5. The Labute approximate surface area is 151 Å². The van der Waals surface area contributed by atoms with Gasteiger partial charge in [-0.15, -0.1) is 0 Å². The summed E-state index contributed by atoms with van der Waals surface area (Å²) in [5.74, 6) is 0.863. The number of hydrogen-bond acceptors (Lipinski definition) is 5. The Bertz CT molecular complexity index is 850. The van der Waals surface area contributed by atoms with Crippen LogP contribution in [0.25, 0.3) is 0 Å². The lowest BCUT2D eigenvalue weighted by Crippen LogP contribution is -2.32. The molecule has 26 heavy (non-hydrogen) atoms. The summed E-state index contributed by atoms with van der Waals surface area (Å²) in [5.41, 5.74) is 1.45. The number of carbonyl (C=O) groups excluding carboxylic acids is 1. The van der Waals surface area contributed by atoms with E-state index < -0.39 is 0 Å². The summed E-state index contributed by atoms with van der Waals surface area (Å²) >= 11 is 0. The second-order valence-corrected chi connectivity index (χ2v) is 5.59. The van der Waals surface area contributed by atoms with Crippen LogP contribution in [-0.4, -0.2) is 35.1 Å². The van der Waals surface area contributed by atoms with Gasteiger partial charge in [-0.05, 0) is 23.8 Å². The average Bonchev–Trinajstić information content (AvgIpc) is 3.20. The van der Waals surface area contributed by atoms with Gasteiger partial charge in [-0.3, -0.25) is 4.79 Å². The van der Waals surface area contributed by atoms with E-state index in [1.54, 1.807) is 42.5 Å². The van der Waals surface area contributed by atoms with Crippen molar-refractivity contribution in [3.05, 3.63) is 72.1 Å². The normalized spacial score (nSPS) is 11.6. The highest BCUT2D eigenvalue weighted by atomic mass is 16.5. The average molecular weight is 352 g/mol. The van der Waals surface area contributed by atoms with Crippen LogP contribution in [0.3, 0.4) is 0 Å². The Kier molecular flexibility index (Phi) is 5.48. The minimum atomic E-state index is -0.274. The summed E-state index contributed by atoms with van der Waals surface area (Å²) < 4.78 is 10.5. The fourth-order valence-corrected chi connectivity index (χ4v) is 2.64. The van der Waals surface area contributed by atoms with E-state index in [9.17, 15) is 4.79 Å². The molecular formula is C19H20N4O3. The number of rotatable bonds is 7. The molecule has 0 spiro atoms. The lowest BCUT2D eigenvalue weighted by molar-refractivity contribution is 0.0930. The Hall–Kier alpha value is -3.35. The molecule has 0 saturated heterocycles. The Morgan fingerprint density at radius 2 is 1.73 bits per heavy atom. The van der Waals surface area contributed by atoms with E-state index in [4.69, 9.17) is 9.47 Å². The number of nitrogens with one attached hydrogen (secondary N) is 1. The number of amides is 1. The smallest absolute Gasteiger partial charge is 0.251 e. The third kappa shape index (κ3) is 4.00. The molecule has 0 aliphatic heterocycles. The van der Waals surface area contributed by atoms with Crippen LogP contribution in [0.1, 0.15) is 22.0 Å². The molecule has 1 heterocycles. The number of aromatic nitrogens is 3. The highest BCUT2D eigenvalue weighted by molar-refractivity contribution is 5.95. The summed E-state index contributed by atoms with van der Waals surface area (Å²) in [4.78, 5) is 14.3. The van der Waals surface area contributed by atoms with Gasteiger partial charge in [0, 0.05) is 5.56 Å². The van der Waals surface area contributed by atoms with Crippen LogP contribution in [0.5, 0.6) is 11.5 Å². The van der Waals surface area contributed by atoms with Crippen molar-refractivity contribution in [3.8, 4) is 11.5 Å². The van der Waals surface area contributed by atoms with Gasteiger partial charge in [0.2, 0.25) is 0 Å². The Balaban J connectivity index is 1.83. The highest BCUT2D eigenvalue weighted by Gasteiger charge is 2.18. The number of benzene rings is 2. The van der Waals surface area contributed by atoms with Crippen molar-refractivity contribution in [1.82, 2.24) is 20.3 Å². The van der Waals surface area contributed by atoms with Gasteiger partial charge < -0.3 is 14.8 Å². The molecule has 3 rings (SSSR count). The van der Waals surface area contributed by atoms with Gasteiger partial charge in [0.05, 0.1) is 39.2 Å². The SMILES string of the molecule is COc1ccc(C(=O)NC(Cn2nccn2)c2ccccc2)cc1OC. The van der Waals surface area contributed by atoms with Crippen LogP contribution >= 0.6 is 0 Å². The van der Waals surface area contributed by atoms with Gasteiger partial charge in [-0.25, -0.2) is 0 Å². The molecule has 0 aliphatic carbocycles. The van der Waals surface area contributed by atoms with E-state index in [1.165, 1.54) is 7.11 Å². The van der Waals surface area contributed by atoms with Crippen molar-refractivity contribution in [3.63, 3.8) is 0 Å². The number of methoxy groups -OCH3 is 2. The van der Waals surface area contributed by atoms with E-state index in [2.05, 4.69) is 15.5 Å². The molecule has 1 aromatic heterocycles. The van der Waals surface area contributed by atoms with Crippen molar-refractivity contribution in [2.24, 2.45) is 0 Å². The molecule has 0 saturated carbocycles. The second kappa shape index (κ2) is 8.15. The maximum atomic E-state index is 12.8. The minimum Gasteiger partial charge on any atom is -0.493 e.